The second-order valence-electron chi connectivity index (χ2n) is 6.57. The zero-order valence-corrected chi connectivity index (χ0v) is 16.6. The van der Waals surface area contributed by atoms with Crippen LogP contribution < -0.4 is 0 Å². The first kappa shape index (κ1) is 19.4. The summed E-state index contributed by atoms with van der Waals surface area (Å²) >= 11 is 0. The van der Waals surface area contributed by atoms with Gasteiger partial charge in [0.15, 0.2) is 0 Å². The van der Waals surface area contributed by atoms with Crippen LogP contribution in [0, 0.1) is 18.3 Å². The zero-order valence-electron chi connectivity index (χ0n) is 15.7. The number of aromatic nitrogens is 1. The maximum atomic E-state index is 13.4. The van der Waals surface area contributed by atoms with Gasteiger partial charge in [-0.2, -0.15) is 5.26 Å². The first-order chi connectivity index (χ1) is 13.3. The number of carbonyl (C=O) groups is 1. The van der Waals surface area contributed by atoms with Crippen molar-refractivity contribution in [3.05, 3.63) is 77.6 Å². The van der Waals surface area contributed by atoms with E-state index in [1.165, 1.54) is 24.4 Å². The van der Waals surface area contributed by atoms with Crippen LogP contribution in [0.15, 0.2) is 71.3 Å². The summed E-state index contributed by atoms with van der Waals surface area (Å²) in [5.74, 6) is -0.647. The molecule has 0 aliphatic rings. The third kappa shape index (κ3) is 3.30. The molecule has 0 saturated carbocycles. The Morgan fingerprint density at radius 3 is 2.39 bits per heavy atom. The highest BCUT2D eigenvalue weighted by Gasteiger charge is 2.28. The van der Waals surface area contributed by atoms with Crippen LogP contribution in [0.3, 0.4) is 0 Å². The Kier molecular flexibility index (Phi) is 5.08. The molecule has 0 spiro atoms. The Balaban J connectivity index is 2.37. The molecule has 0 fully saturated rings. The Hall–Kier alpha value is -3.37. The number of ketones is 1. The Morgan fingerprint density at radius 2 is 1.79 bits per heavy atom. The van der Waals surface area contributed by atoms with E-state index in [0.29, 0.717) is 10.9 Å². The van der Waals surface area contributed by atoms with Gasteiger partial charge < -0.3 is 4.90 Å². The maximum absolute atomic E-state index is 13.4. The lowest BCUT2D eigenvalue weighted by atomic mass is 10.1. The number of hydrogen-bond donors (Lipinski definition) is 0. The van der Waals surface area contributed by atoms with E-state index in [9.17, 15) is 18.5 Å². The standard InChI is InChI=1S/C21H19N3O3S/c1-15-8-7-11-19-18(15)12-20(21(25)16(13-22)14-23(2)3)24(19)28(26,27)17-9-5-4-6-10-17/h4-12,14H,1-3H3/b16-14+. The van der Waals surface area contributed by atoms with Crippen LogP contribution in [0.2, 0.25) is 0 Å². The minimum absolute atomic E-state index is 0.0668. The van der Waals surface area contributed by atoms with Crippen molar-refractivity contribution in [3.63, 3.8) is 0 Å². The molecule has 0 aliphatic carbocycles. The summed E-state index contributed by atoms with van der Waals surface area (Å²) in [6.07, 6.45) is 1.38. The predicted molar refractivity (Wildman–Crippen MR) is 107 cm³/mol. The van der Waals surface area contributed by atoms with E-state index in [2.05, 4.69) is 0 Å². The molecule has 0 bridgehead atoms. The Morgan fingerprint density at radius 1 is 1.11 bits per heavy atom. The molecule has 0 radical (unpaired) electrons. The smallest absolute Gasteiger partial charge is 0.268 e. The van der Waals surface area contributed by atoms with Crippen LogP contribution >= 0.6 is 0 Å². The van der Waals surface area contributed by atoms with Gasteiger partial charge in [-0.3, -0.25) is 4.79 Å². The number of benzene rings is 2. The Bertz CT molecular complexity index is 1230. The van der Waals surface area contributed by atoms with Crippen LogP contribution in [0.4, 0.5) is 0 Å². The highest BCUT2D eigenvalue weighted by atomic mass is 32.2. The van der Waals surface area contributed by atoms with E-state index in [0.717, 1.165) is 9.54 Å². The van der Waals surface area contributed by atoms with Crippen molar-refractivity contribution in [2.75, 3.05) is 14.1 Å². The van der Waals surface area contributed by atoms with Gasteiger partial charge in [0.2, 0.25) is 5.78 Å². The lowest BCUT2D eigenvalue weighted by Crippen LogP contribution is -2.20. The van der Waals surface area contributed by atoms with Crippen molar-refractivity contribution in [1.29, 1.82) is 5.26 Å². The molecule has 142 valence electrons. The van der Waals surface area contributed by atoms with Crippen molar-refractivity contribution in [3.8, 4) is 6.07 Å². The van der Waals surface area contributed by atoms with E-state index in [4.69, 9.17) is 0 Å². The molecule has 7 heteroatoms. The number of nitrogens with zero attached hydrogens (tertiary/aromatic N) is 3. The molecule has 2 aromatic carbocycles. The van der Waals surface area contributed by atoms with Crippen molar-refractivity contribution in [2.24, 2.45) is 0 Å². The van der Waals surface area contributed by atoms with Crippen molar-refractivity contribution < 1.29 is 13.2 Å². The number of carbonyl (C=O) groups excluding carboxylic acids is 1. The molecule has 0 aliphatic heterocycles. The van der Waals surface area contributed by atoms with Crippen LogP contribution in [-0.4, -0.2) is 37.2 Å². The largest absolute Gasteiger partial charge is 0.382 e. The number of allylic oxidation sites excluding steroid dienone is 1. The fourth-order valence-electron chi connectivity index (χ4n) is 3.00. The first-order valence-corrected chi connectivity index (χ1v) is 9.96. The average molecular weight is 393 g/mol. The maximum Gasteiger partial charge on any atom is 0.268 e. The summed E-state index contributed by atoms with van der Waals surface area (Å²) < 4.78 is 27.8. The fourth-order valence-corrected chi connectivity index (χ4v) is 4.53. The second kappa shape index (κ2) is 7.33. The number of Topliss-reactive ketones (excluding diaryl/α,β-unsaturated/α-hetero) is 1. The molecule has 28 heavy (non-hydrogen) atoms. The van der Waals surface area contributed by atoms with Crippen LogP contribution in [-0.2, 0) is 10.0 Å². The normalized spacial score (nSPS) is 12.0. The molecule has 3 aromatic rings. The Labute approximate surface area is 164 Å². The van der Waals surface area contributed by atoms with E-state index in [1.807, 2.05) is 19.1 Å². The quantitative estimate of drug-likeness (QED) is 0.377. The van der Waals surface area contributed by atoms with Gasteiger partial charge in [0.25, 0.3) is 10.0 Å². The summed E-state index contributed by atoms with van der Waals surface area (Å²) in [5, 5.41) is 10.1. The van der Waals surface area contributed by atoms with Gasteiger partial charge in [-0.25, -0.2) is 12.4 Å². The number of nitriles is 1. The molecular weight excluding hydrogens is 374 g/mol. The summed E-state index contributed by atoms with van der Waals surface area (Å²) in [7, 11) is -0.668. The number of fused-ring (bicyclic) bond motifs is 1. The molecule has 0 atom stereocenters. The minimum Gasteiger partial charge on any atom is -0.382 e. The van der Waals surface area contributed by atoms with Crippen LogP contribution in [0.1, 0.15) is 16.1 Å². The van der Waals surface area contributed by atoms with E-state index >= 15 is 0 Å². The molecule has 0 saturated heterocycles. The molecule has 0 unspecified atom stereocenters. The van der Waals surface area contributed by atoms with Crippen molar-refractivity contribution >= 4 is 26.7 Å². The van der Waals surface area contributed by atoms with Crippen molar-refractivity contribution in [2.45, 2.75) is 11.8 Å². The zero-order chi connectivity index (χ0) is 20.5. The molecule has 3 rings (SSSR count). The number of rotatable bonds is 5. The topological polar surface area (TPSA) is 83.2 Å². The second-order valence-corrected chi connectivity index (χ2v) is 8.35. The van der Waals surface area contributed by atoms with E-state index < -0.39 is 15.8 Å². The lowest BCUT2D eigenvalue weighted by molar-refractivity contribution is 0.103. The summed E-state index contributed by atoms with van der Waals surface area (Å²) in [6.45, 7) is 1.84. The lowest BCUT2D eigenvalue weighted by Gasteiger charge is -2.12. The van der Waals surface area contributed by atoms with Gasteiger partial charge in [-0.1, -0.05) is 30.3 Å². The van der Waals surface area contributed by atoms with Crippen LogP contribution in [0.25, 0.3) is 10.9 Å². The highest BCUT2D eigenvalue weighted by molar-refractivity contribution is 7.90. The monoisotopic (exact) mass is 393 g/mol. The molecule has 6 nitrogen and oxygen atoms in total. The van der Waals surface area contributed by atoms with Crippen LogP contribution in [0.5, 0.6) is 0 Å². The minimum atomic E-state index is -4.04. The summed E-state index contributed by atoms with van der Waals surface area (Å²) in [4.78, 5) is 14.7. The average Bonchev–Trinajstić information content (AvgIpc) is 3.08. The van der Waals surface area contributed by atoms with Gasteiger partial charge in [0.1, 0.15) is 17.3 Å². The third-order valence-electron chi connectivity index (χ3n) is 4.29. The first-order valence-electron chi connectivity index (χ1n) is 8.52. The fraction of sp³-hybridized carbons (Fsp3) is 0.143. The van der Waals surface area contributed by atoms with Gasteiger partial charge in [0.05, 0.1) is 10.4 Å². The van der Waals surface area contributed by atoms with Gasteiger partial charge in [-0.05, 0) is 36.8 Å². The van der Waals surface area contributed by atoms with Crippen molar-refractivity contribution in [1.82, 2.24) is 8.87 Å². The SMILES string of the molecule is Cc1cccc2c1cc(C(=O)/C(C#N)=C/N(C)C)n2S(=O)(=O)c1ccccc1. The summed E-state index contributed by atoms with van der Waals surface area (Å²) in [6, 6.07) is 16.6. The molecule has 1 aromatic heterocycles. The third-order valence-corrected chi connectivity index (χ3v) is 6.03. The predicted octanol–water partition coefficient (Wildman–Crippen LogP) is 3.34. The molecule has 1 heterocycles. The summed E-state index contributed by atoms with van der Waals surface area (Å²) in [5.41, 5.74) is 1.02. The number of aryl methyl sites for hydroxylation is 1. The van der Waals surface area contributed by atoms with Gasteiger partial charge in [0, 0.05) is 25.7 Å². The van der Waals surface area contributed by atoms with Gasteiger partial charge in [-0.15, -0.1) is 0 Å². The number of hydrogen-bond acceptors (Lipinski definition) is 5. The van der Waals surface area contributed by atoms with E-state index in [1.54, 1.807) is 49.3 Å². The molecule has 0 amide bonds. The van der Waals surface area contributed by atoms with E-state index in [-0.39, 0.29) is 16.2 Å². The van der Waals surface area contributed by atoms with Gasteiger partial charge >= 0.3 is 0 Å². The highest BCUT2D eigenvalue weighted by Crippen LogP contribution is 2.29. The molecule has 0 N–H and O–H groups in total. The molecular formula is C21H19N3O3S.